The van der Waals surface area contributed by atoms with E-state index in [0.717, 1.165) is 19.6 Å². The zero-order valence-corrected chi connectivity index (χ0v) is 17.8. The predicted molar refractivity (Wildman–Crippen MR) is 115 cm³/mol. The third kappa shape index (κ3) is 4.41. The molecule has 2 aromatic carbocycles. The summed E-state index contributed by atoms with van der Waals surface area (Å²) < 4.78 is 3.39. The van der Waals surface area contributed by atoms with Crippen molar-refractivity contribution in [2.45, 2.75) is 23.4 Å². The molecule has 0 saturated carbocycles. The molecule has 0 spiro atoms. The van der Waals surface area contributed by atoms with E-state index in [4.69, 9.17) is 0 Å². The second kappa shape index (κ2) is 8.22. The molecule has 0 saturated heterocycles. The lowest BCUT2D eigenvalue weighted by molar-refractivity contribution is -0.117. The molecule has 4 aromatic rings. The number of aromatic nitrogens is 4. The zero-order chi connectivity index (χ0) is 20.4. The number of nitrogens with zero attached hydrogens (tertiary/aromatic N) is 4. The Morgan fingerprint density at radius 1 is 1.21 bits per heavy atom. The Balaban J connectivity index is 1.60. The lowest BCUT2D eigenvalue weighted by atomic mass is 10.2. The minimum atomic E-state index is -0.391. The number of carbonyl (C=O) groups excluding carboxylic acids is 1. The minimum absolute atomic E-state index is 0.193. The third-order valence-electron chi connectivity index (χ3n) is 4.08. The first-order valence-electron chi connectivity index (χ1n) is 8.74. The molecule has 0 aliphatic carbocycles. The number of hydrogen-bond acceptors (Lipinski definition) is 5. The maximum absolute atomic E-state index is 12.7. The van der Waals surface area contributed by atoms with E-state index in [1.165, 1.54) is 16.2 Å². The van der Waals surface area contributed by atoms with Gasteiger partial charge < -0.3 is 5.32 Å². The van der Waals surface area contributed by atoms with Gasteiger partial charge in [0.05, 0.1) is 0 Å². The van der Waals surface area contributed by atoms with Crippen molar-refractivity contribution < 1.29 is 4.79 Å². The van der Waals surface area contributed by atoms with Gasteiger partial charge in [0.1, 0.15) is 11.6 Å². The number of amides is 1. The molecular formula is C20H16BrN5O2S. The first kappa shape index (κ1) is 19.4. The fourth-order valence-corrected chi connectivity index (χ4v) is 4.15. The molecule has 0 atom stereocenters. The number of benzene rings is 2. The maximum atomic E-state index is 12.7. The Morgan fingerprint density at radius 3 is 2.83 bits per heavy atom. The molecule has 0 radical (unpaired) electrons. The number of aryl methyl sites for hydroxylation is 1. The van der Waals surface area contributed by atoms with Gasteiger partial charge >= 0.3 is 5.69 Å². The van der Waals surface area contributed by atoms with Crippen molar-refractivity contribution in [2.75, 3.05) is 5.32 Å². The van der Waals surface area contributed by atoms with Crippen LogP contribution in [-0.4, -0.2) is 25.1 Å². The largest absolute Gasteiger partial charge is 0.350 e. The van der Waals surface area contributed by atoms with Crippen LogP contribution in [0, 0.1) is 6.92 Å². The van der Waals surface area contributed by atoms with Gasteiger partial charge in [0.15, 0.2) is 5.65 Å². The summed E-state index contributed by atoms with van der Waals surface area (Å²) in [4.78, 5) is 30.4. The Morgan fingerprint density at radius 2 is 2.03 bits per heavy atom. The molecule has 9 heteroatoms. The number of halogens is 1. The molecule has 4 rings (SSSR count). The highest BCUT2D eigenvalue weighted by molar-refractivity contribution is 9.10. The fourth-order valence-electron chi connectivity index (χ4n) is 2.79. The predicted octanol–water partition coefficient (Wildman–Crippen LogP) is 3.75. The highest BCUT2D eigenvalue weighted by atomic mass is 79.9. The van der Waals surface area contributed by atoms with Crippen LogP contribution in [0.5, 0.6) is 0 Å². The number of hydrogen-bond donors (Lipinski definition) is 1. The summed E-state index contributed by atoms with van der Waals surface area (Å²) in [6.45, 7) is 1.82. The molecular weight excluding hydrogens is 454 g/mol. The summed E-state index contributed by atoms with van der Waals surface area (Å²) in [6.07, 6.45) is 3.10. The van der Waals surface area contributed by atoms with Crippen LogP contribution in [-0.2, 0) is 11.3 Å². The van der Waals surface area contributed by atoms with Gasteiger partial charge in [-0.2, -0.15) is 0 Å². The summed E-state index contributed by atoms with van der Waals surface area (Å²) in [5.41, 5.74) is 1.80. The van der Waals surface area contributed by atoms with Gasteiger partial charge in [-0.15, -0.1) is 5.10 Å². The van der Waals surface area contributed by atoms with Gasteiger partial charge in [-0.25, -0.2) is 18.9 Å². The average Bonchev–Trinajstić information content (AvgIpc) is 2.99. The van der Waals surface area contributed by atoms with Crippen molar-refractivity contribution >= 4 is 44.9 Å². The van der Waals surface area contributed by atoms with Crippen molar-refractivity contribution in [3.05, 3.63) is 81.4 Å². The number of fused-ring (bicyclic) bond motifs is 1. The monoisotopic (exact) mass is 469 g/mol. The van der Waals surface area contributed by atoms with E-state index in [2.05, 4.69) is 31.3 Å². The fraction of sp³-hybridized carbons (Fsp3) is 0.100. The Kier molecular flexibility index (Phi) is 5.50. The smallest absolute Gasteiger partial charge is 0.324 e. The molecule has 0 fully saturated rings. The number of nitrogens with one attached hydrogen (secondary N) is 1. The topological polar surface area (TPSA) is 81.3 Å². The summed E-state index contributed by atoms with van der Waals surface area (Å²) in [6, 6.07) is 15.2. The summed E-state index contributed by atoms with van der Waals surface area (Å²) in [5, 5.41) is 7.71. The third-order valence-corrected chi connectivity index (χ3v) is 5.54. The lowest BCUT2D eigenvalue weighted by Crippen LogP contribution is -2.28. The molecule has 7 nitrogen and oxygen atoms in total. The lowest BCUT2D eigenvalue weighted by Gasteiger charge is -2.04. The first-order chi connectivity index (χ1) is 14.0. The van der Waals surface area contributed by atoms with Gasteiger partial charge in [-0.1, -0.05) is 51.5 Å². The molecule has 2 heterocycles. The van der Waals surface area contributed by atoms with Crippen molar-refractivity contribution in [2.24, 2.45) is 0 Å². The molecule has 1 amide bonds. The Bertz CT molecular complexity index is 1270. The molecule has 0 bridgehead atoms. The van der Waals surface area contributed by atoms with E-state index in [-0.39, 0.29) is 12.5 Å². The van der Waals surface area contributed by atoms with E-state index in [0.29, 0.717) is 16.4 Å². The number of anilines is 1. The van der Waals surface area contributed by atoms with Crippen LogP contribution in [0.1, 0.15) is 5.56 Å². The van der Waals surface area contributed by atoms with E-state index < -0.39 is 5.69 Å². The van der Waals surface area contributed by atoms with Gasteiger partial charge in [-0.05, 0) is 37.3 Å². The summed E-state index contributed by atoms with van der Waals surface area (Å²) in [5.74, 6) is -0.338. The number of carbonyl (C=O) groups is 1. The minimum Gasteiger partial charge on any atom is -0.324 e. The normalized spacial score (nSPS) is 11.0. The van der Waals surface area contributed by atoms with E-state index >= 15 is 0 Å². The molecule has 146 valence electrons. The van der Waals surface area contributed by atoms with Crippen molar-refractivity contribution in [1.82, 2.24) is 19.2 Å². The molecule has 1 N–H and O–H groups in total. The Hall–Kier alpha value is -2.91. The van der Waals surface area contributed by atoms with Crippen LogP contribution in [0.4, 0.5) is 5.69 Å². The maximum Gasteiger partial charge on any atom is 0.350 e. The van der Waals surface area contributed by atoms with E-state index in [1.807, 2.05) is 43.3 Å². The van der Waals surface area contributed by atoms with Crippen molar-refractivity contribution in [3.8, 4) is 0 Å². The van der Waals surface area contributed by atoms with Gasteiger partial charge in [0, 0.05) is 27.4 Å². The molecule has 0 aliphatic rings. The average molecular weight is 470 g/mol. The van der Waals surface area contributed by atoms with Crippen LogP contribution < -0.4 is 11.0 Å². The van der Waals surface area contributed by atoms with Gasteiger partial charge in [0.2, 0.25) is 5.91 Å². The van der Waals surface area contributed by atoms with Gasteiger partial charge in [-0.3, -0.25) is 4.79 Å². The highest BCUT2D eigenvalue weighted by Gasteiger charge is 2.15. The standard InChI is InChI=1S/C20H16BrN5O2S/c1-13-4-2-7-16(10-13)29-19-18-24-26(20(28)25(18)9-8-22-19)12-17(27)23-15-6-3-5-14(21)11-15/h2-11H,12H2,1H3,(H,23,27). The van der Waals surface area contributed by atoms with Crippen LogP contribution in [0.3, 0.4) is 0 Å². The number of rotatable bonds is 5. The SMILES string of the molecule is Cc1cccc(Sc2nccn3c(=O)n(CC(=O)Nc4cccc(Br)c4)nc23)c1. The second-order valence-electron chi connectivity index (χ2n) is 6.34. The zero-order valence-electron chi connectivity index (χ0n) is 15.4. The highest BCUT2D eigenvalue weighted by Crippen LogP contribution is 2.28. The van der Waals surface area contributed by atoms with Crippen molar-refractivity contribution in [3.63, 3.8) is 0 Å². The van der Waals surface area contributed by atoms with Crippen LogP contribution >= 0.6 is 27.7 Å². The molecule has 0 aliphatic heterocycles. The Labute approximate surface area is 178 Å². The summed E-state index contributed by atoms with van der Waals surface area (Å²) >= 11 is 4.79. The van der Waals surface area contributed by atoms with Crippen LogP contribution in [0.15, 0.2) is 80.1 Å². The first-order valence-corrected chi connectivity index (χ1v) is 10.3. The summed E-state index contributed by atoms with van der Waals surface area (Å²) in [7, 11) is 0. The second-order valence-corrected chi connectivity index (χ2v) is 8.32. The quantitative estimate of drug-likeness (QED) is 0.481. The van der Waals surface area contributed by atoms with Crippen molar-refractivity contribution in [1.29, 1.82) is 0 Å². The molecule has 2 aromatic heterocycles. The van der Waals surface area contributed by atoms with Crippen LogP contribution in [0.2, 0.25) is 0 Å². The molecule has 29 heavy (non-hydrogen) atoms. The van der Waals surface area contributed by atoms with E-state index in [9.17, 15) is 9.59 Å². The van der Waals surface area contributed by atoms with Gasteiger partial charge in [0.25, 0.3) is 0 Å². The molecule has 0 unspecified atom stereocenters. The van der Waals surface area contributed by atoms with E-state index in [1.54, 1.807) is 24.5 Å². The van der Waals surface area contributed by atoms with Crippen LogP contribution in [0.25, 0.3) is 5.65 Å².